The summed E-state index contributed by atoms with van der Waals surface area (Å²) in [4.78, 5) is 14.5. The van der Waals surface area contributed by atoms with Gasteiger partial charge in [-0.2, -0.15) is 0 Å². The summed E-state index contributed by atoms with van der Waals surface area (Å²) in [5.74, 6) is 2.09. The van der Waals surface area contributed by atoms with E-state index in [9.17, 15) is 4.79 Å². The van der Waals surface area contributed by atoms with E-state index < -0.39 is 0 Å². The molecular formula is C18H21N5O. The number of fused-ring (bicyclic) bond motifs is 2. The highest BCUT2D eigenvalue weighted by atomic mass is 16.2. The number of hydrogen-bond donors (Lipinski definition) is 0. The van der Waals surface area contributed by atoms with Crippen molar-refractivity contribution in [2.45, 2.75) is 39.4 Å². The lowest BCUT2D eigenvalue weighted by molar-refractivity contribution is -0.132. The van der Waals surface area contributed by atoms with Crippen LogP contribution in [-0.2, 0) is 30.8 Å². The zero-order valence-electron chi connectivity index (χ0n) is 13.9. The van der Waals surface area contributed by atoms with Crippen LogP contribution in [0.1, 0.15) is 25.0 Å². The third-order valence-corrected chi connectivity index (χ3v) is 4.75. The van der Waals surface area contributed by atoms with Gasteiger partial charge < -0.3 is 14.0 Å². The fourth-order valence-corrected chi connectivity index (χ4v) is 3.40. The molecule has 0 saturated heterocycles. The summed E-state index contributed by atoms with van der Waals surface area (Å²) in [6.45, 7) is 4.89. The molecule has 1 aliphatic rings. The van der Waals surface area contributed by atoms with Crippen LogP contribution in [0.25, 0.3) is 10.9 Å². The van der Waals surface area contributed by atoms with Crippen molar-refractivity contribution in [1.29, 1.82) is 0 Å². The molecule has 6 heteroatoms. The zero-order valence-corrected chi connectivity index (χ0v) is 13.9. The van der Waals surface area contributed by atoms with Crippen LogP contribution in [0, 0.1) is 0 Å². The number of amides is 1. The minimum atomic E-state index is 0.181. The first kappa shape index (κ1) is 14.9. The highest BCUT2D eigenvalue weighted by Gasteiger charge is 2.23. The van der Waals surface area contributed by atoms with Crippen LogP contribution in [0.15, 0.2) is 36.5 Å². The van der Waals surface area contributed by atoms with E-state index in [-0.39, 0.29) is 5.91 Å². The quantitative estimate of drug-likeness (QED) is 0.740. The summed E-state index contributed by atoms with van der Waals surface area (Å²) >= 11 is 0. The van der Waals surface area contributed by atoms with E-state index in [4.69, 9.17) is 0 Å². The topological polar surface area (TPSA) is 56.0 Å². The average molecular weight is 323 g/mol. The van der Waals surface area contributed by atoms with E-state index in [1.165, 1.54) is 10.9 Å². The average Bonchev–Trinajstić information content (AvgIpc) is 3.22. The Kier molecular flexibility index (Phi) is 3.80. The minimum Gasteiger partial charge on any atom is -0.347 e. The molecule has 4 rings (SSSR count). The van der Waals surface area contributed by atoms with E-state index in [1.807, 2.05) is 17.0 Å². The Hall–Kier alpha value is -2.63. The van der Waals surface area contributed by atoms with Crippen molar-refractivity contribution < 1.29 is 4.79 Å². The maximum Gasteiger partial charge on any atom is 0.224 e. The Morgan fingerprint density at radius 2 is 2.04 bits per heavy atom. The molecule has 0 radical (unpaired) electrons. The van der Waals surface area contributed by atoms with Crippen molar-refractivity contribution in [3.63, 3.8) is 0 Å². The van der Waals surface area contributed by atoms with Crippen molar-refractivity contribution >= 4 is 16.8 Å². The molecule has 0 spiro atoms. The fraction of sp³-hybridized carbons (Fsp3) is 0.389. The van der Waals surface area contributed by atoms with Gasteiger partial charge in [-0.25, -0.2) is 0 Å². The Morgan fingerprint density at radius 1 is 1.17 bits per heavy atom. The molecule has 24 heavy (non-hydrogen) atoms. The van der Waals surface area contributed by atoms with Crippen LogP contribution >= 0.6 is 0 Å². The van der Waals surface area contributed by atoms with Crippen LogP contribution in [0.4, 0.5) is 0 Å². The first-order valence-electron chi connectivity index (χ1n) is 8.49. The summed E-state index contributed by atoms with van der Waals surface area (Å²) in [5, 5.41) is 9.64. The summed E-state index contributed by atoms with van der Waals surface area (Å²) in [7, 11) is 0. The van der Waals surface area contributed by atoms with E-state index in [1.54, 1.807) is 0 Å². The number of hydrogen-bond acceptors (Lipinski definition) is 3. The lowest BCUT2D eigenvalue weighted by atomic mass is 10.2. The second-order valence-electron chi connectivity index (χ2n) is 6.17. The minimum absolute atomic E-state index is 0.181. The van der Waals surface area contributed by atoms with Gasteiger partial charge in [-0.3, -0.25) is 4.79 Å². The largest absolute Gasteiger partial charge is 0.347 e. The number of nitrogens with zero attached hydrogens (tertiary/aromatic N) is 5. The number of carbonyl (C=O) groups excluding carboxylic acids is 1. The zero-order chi connectivity index (χ0) is 16.5. The predicted molar refractivity (Wildman–Crippen MR) is 91.4 cm³/mol. The number of para-hydroxylation sites is 1. The number of carbonyl (C=O) groups is 1. The normalized spacial score (nSPS) is 14.1. The van der Waals surface area contributed by atoms with Gasteiger partial charge in [0.1, 0.15) is 5.82 Å². The van der Waals surface area contributed by atoms with Gasteiger partial charge in [0, 0.05) is 44.2 Å². The molecule has 3 heterocycles. The molecule has 3 aromatic rings. The van der Waals surface area contributed by atoms with Gasteiger partial charge >= 0.3 is 0 Å². The molecule has 0 aliphatic carbocycles. The molecule has 0 bridgehead atoms. The third-order valence-electron chi connectivity index (χ3n) is 4.75. The molecule has 1 amide bonds. The van der Waals surface area contributed by atoms with E-state index in [0.717, 1.165) is 31.2 Å². The van der Waals surface area contributed by atoms with Crippen LogP contribution in [0.2, 0.25) is 0 Å². The highest BCUT2D eigenvalue weighted by Crippen LogP contribution is 2.17. The second kappa shape index (κ2) is 6.11. The number of aromatic nitrogens is 4. The Morgan fingerprint density at radius 3 is 2.92 bits per heavy atom. The smallest absolute Gasteiger partial charge is 0.224 e. The summed E-state index contributed by atoms with van der Waals surface area (Å²) < 4.78 is 4.29. The van der Waals surface area contributed by atoms with Crippen molar-refractivity contribution in [1.82, 2.24) is 24.2 Å². The van der Waals surface area contributed by atoms with Crippen molar-refractivity contribution in [3.05, 3.63) is 48.2 Å². The molecule has 2 aromatic heterocycles. The number of rotatable bonds is 4. The number of benzene rings is 1. The summed E-state index contributed by atoms with van der Waals surface area (Å²) in [5.41, 5.74) is 1.18. The fourth-order valence-electron chi connectivity index (χ4n) is 3.40. The molecule has 1 aromatic carbocycles. The molecule has 6 nitrogen and oxygen atoms in total. The van der Waals surface area contributed by atoms with E-state index in [2.05, 4.69) is 50.7 Å². The monoisotopic (exact) mass is 323 g/mol. The maximum atomic E-state index is 12.6. The van der Waals surface area contributed by atoms with E-state index in [0.29, 0.717) is 19.5 Å². The Balaban J connectivity index is 1.42. The summed E-state index contributed by atoms with van der Waals surface area (Å²) in [6.07, 6.45) is 3.44. The summed E-state index contributed by atoms with van der Waals surface area (Å²) in [6, 6.07) is 10.3. The lowest BCUT2D eigenvalue weighted by Crippen LogP contribution is -2.39. The Bertz CT molecular complexity index is 879. The first-order chi connectivity index (χ1) is 11.8. The van der Waals surface area contributed by atoms with Gasteiger partial charge in [-0.1, -0.05) is 25.1 Å². The van der Waals surface area contributed by atoms with Crippen molar-refractivity contribution in [2.24, 2.45) is 0 Å². The van der Waals surface area contributed by atoms with Gasteiger partial charge in [0.25, 0.3) is 0 Å². The van der Waals surface area contributed by atoms with Crippen molar-refractivity contribution in [3.8, 4) is 0 Å². The van der Waals surface area contributed by atoms with Gasteiger partial charge in [0.2, 0.25) is 5.91 Å². The van der Waals surface area contributed by atoms with E-state index >= 15 is 0 Å². The lowest BCUT2D eigenvalue weighted by Gasteiger charge is -2.28. The van der Waals surface area contributed by atoms with Crippen molar-refractivity contribution in [2.75, 3.05) is 6.54 Å². The third kappa shape index (κ3) is 2.58. The first-order valence-corrected chi connectivity index (χ1v) is 8.49. The molecule has 0 fully saturated rings. The van der Waals surface area contributed by atoms with Crippen LogP contribution in [-0.4, -0.2) is 36.7 Å². The van der Waals surface area contributed by atoms with Crippen LogP contribution in [0.3, 0.4) is 0 Å². The molecule has 0 N–H and O–H groups in total. The predicted octanol–water partition coefficient (Wildman–Crippen LogP) is 2.23. The molecular weight excluding hydrogens is 302 g/mol. The highest BCUT2D eigenvalue weighted by molar-refractivity contribution is 5.80. The van der Waals surface area contributed by atoms with Gasteiger partial charge in [-0.15, -0.1) is 10.2 Å². The van der Waals surface area contributed by atoms with Gasteiger partial charge in [0.05, 0.1) is 6.54 Å². The van der Waals surface area contributed by atoms with Gasteiger partial charge in [-0.05, 0) is 17.5 Å². The molecule has 0 saturated carbocycles. The number of aryl methyl sites for hydroxylation is 2. The Labute approximate surface area is 140 Å². The molecule has 1 aliphatic heterocycles. The molecule has 124 valence electrons. The SMILES string of the molecule is CCc1nnc2n1CCN(C(=O)CCn1ccc3ccccc31)C2. The van der Waals surface area contributed by atoms with Gasteiger partial charge in [0.15, 0.2) is 5.82 Å². The van der Waals surface area contributed by atoms with Crippen LogP contribution < -0.4 is 0 Å². The maximum absolute atomic E-state index is 12.6. The standard InChI is InChI=1S/C18H21N5O/c1-2-16-19-20-17-13-22(11-12-23(16)17)18(24)8-10-21-9-7-14-5-3-4-6-15(14)21/h3-7,9H,2,8,10-13H2,1H3. The van der Waals surface area contributed by atoms with Crippen LogP contribution in [0.5, 0.6) is 0 Å². The molecule has 0 unspecified atom stereocenters. The second-order valence-corrected chi connectivity index (χ2v) is 6.17. The molecule has 0 atom stereocenters.